The van der Waals surface area contributed by atoms with Gasteiger partial charge in [-0.3, -0.25) is 9.13 Å². The molecule has 0 bridgehead atoms. The summed E-state index contributed by atoms with van der Waals surface area (Å²) in [5.74, 6) is 0.668. The summed E-state index contributed by atoms with van der Waals surface area (Å²) in [5, 5.41) is 2.36. The minimum atomic E-state index is -0.0521. The third kappa shape index (κ3) is 4.70. The molecule has 46 heavy (non-hydrogen) atoms. The summed E-state index contributed by atoms with van der Waals surface area (Å²) in [6.45, 7) is 0. The van der Waals surface area contributed by atoms with E-state index in [1.807, 2.05) is 74.8 Å². The van der Waals surface area contributed by atoms with Crippen LogP contribution < -0.4 is 5.69 Å². The Hall–Kier alpha value is -6.07. The van der Waals surface area contributed by atoms with Gasteiger partial charge >= 0.3 is 5.69 Å². The predicted molar refractivity (Wildman–Crippen MR) is 188 cm³/mol. The highest BCUT2D eigenvalue weighted by atomic mass is 16.1. The van der Waals surface area contributed by atoms with Crippen LogP contribution in [0.1, 0.15) is 0 Å². The van der Waals surface area contributed by atoms with Gasteiger partial charge < -0.3 is 0 Å². The topological polar surface area (TPSA) is 52.7 Å². The first-order valence-electron chi connectivity index (χ1n) is 15.3. The van der Waals surface area contributed by atoms with Gasteiger partial charge in [-0.15, -0.1) is 0 Å². The number of aryl methyl sites for hydroxylation is 2. The molecule has 5 heteroatoms. The second kappa shape index (κ2) is 11.1. The Labute approximate surface area is 266 Å². The van der Waals surface area contributed by atoms with Gasteiger partial charge in [-0.25, -0.2) is 14.8 Å². The molecule has 0 saturated carbocycles. The molecule has 2 aromatic heterocycles. The van der Waals surface area contributed by atoms with E-state index in [4.69, 9.17) is 9.97 Å². The number of hydrogen-bond acceptors (Lipinski definition) is 3. The van der Waals surface area contributed by atoms with Crippen molar-refractivity contribution < 1.29 is 0 Å². The molecule has 0 N–H and O–H groups in total. The highest BCUT2D eigenvalue weighted by Gasteiger charge is 2.17. The zero-order valence-corrected chi connectivity index (χ0v) is 25.6. The van der Waals surface area contributed by atoms with Crippen LogP contribution in [0.3, 0.4) is 0 Å². The van der Waals surface area contributed by atoms with E-state index in [0.29, 0.717) is 5.82 Å². The Morgan fingerprint density at radius 2 is 1.04 bits per heavy atom. The summed E-state index contributed by atoms with van der Waals surface area (Å²) in [6, 6.07) is 50.1. The highest BCUT2D eigenvalue weighted by molar-refractivity contribution is 6.00. The van der Waals surface area contributed by atoms with E-state index in [0.717, 1.165) is 61.4 Å². The van der Waals surface area contributed by atoms with Crippen LogP contribution in [0.5, 0.6) is 0 Å². The number of aromatic nitrogens is 4. The normalized spacial score (nSPS) is 11.3. The third-order valence-electron chi connectivity index (χ3n) is 8.75. The van der Waals surface area contributed by atoms with Crippen molar-refractivity contribution in [3.63, 3.8) is 0 Å². The van der Waals surface area contributed by atoms with Crippen molar-refractivity contribution in [3.8, 4) is 56.2 Å². The Kier molecular flexibility index (Phi) is 6.65. The van der Waals surface area contributed by atoms with Crippen molar-refractivity contribution in [2.75, 3.05) is 0 Å². The van der Waals surface area contributed by atoms with Crippen molar-refractivity contribution in [2.24, 2.45) is 14.1 Å². The summed E-state index contributed by atoms with van der Waals surface area (Å²) in [7, 11) is 3.66. The van der Waals surface area contributed by atoms with Gasteiger partial charge in [-0.1, -0.05) is 115 Å². The maximum Gasteiger partial charge on any atom is 0.328 e. The van der Waals surface area contributed by atoms with E-state index in [1.165, 1.54) is 10.8 Å². The summed E-state index contributed by atoms with van der Waals surface area (Å²) in [4.78, 5) is 23.2. The maximum atomic E-state index is 13.0. The maximum absolute atomic E-state index is 13.0. The van der Waals surface area contributed by atoms with Crippen molar-refractivity contribution in [3.05, 3.63) is 156 Å². The summed E-state index contributed by atoms with van der Waals surface area (Å²) in [5.41, 5.74) is 10.6. The fourth-order valence-electron chi connectivity index (χ4n) is 6.44. The van der Waals surface area contributed by atoms with Crippen LogP contribution in [0, 0.1) is 0 Å². The Morgan fingerprint density at radius 3 is 1.80 bits per heavy atom. The van der Waals surface area contributed by atoms with Gasteiger partial charge in [0.1, 0.15) is 0 Å². The zero-order valence-electron chi connectivity index (χ0n) is 25.6. The molecule has 6 aromatic carbocycles. The van der Waals surface area contributed by atoms with Gasteiger partial charge in [0.15, 0.2) is 5.82 Å². The molecule has 5 nitrogen and oxygen atoms in total. The second-order valence-corrected chi connectivity index (χ2v) is 11.6. The Bertz CT molecular complexity index is 2400. The smallest absolute Gasteiger partial charge is 0.295 e. The molecule has 0 radical (unpaired) electrons. The van der Waals surface area contributed by atoms with Crippen LogP contribution in [0.4, 0.5) is 0 Å². The number of fused-ring (bicyclic) bond motifs is 2. The van der Waals surface area contributed by atoms with E-state index in [9.17, 15) is 4.79 Å². The molecule has 0 aliphatic heterocycles. The molecule has 220 valence electrons. The lowest BCUT2D eigenvalue weighted by Crippen LogP contribution is -2.19. The number of para-hydroxylation sites is 1. The van der Waals surface area contributed by atoms with E-state index < -0.39 is 0 Å². The van der Waals surface area contributed by atoms with Crippen molar-refractivity contribution in [2.45, 2.75) is 0 Å². The van der Waals surface area contributed by atoms with Crippen LogP contribution in [-0.2, 0) is 14.1 Å². The standard InChI is InChI=1S/C41H30N4O/c1-44-38-22-12-21-35(39(38)45(2)41(44)46)31-23-30(34-20-11-18-27-13-9-10-19-33(27)34)24-32(25-31)37-26-36(28-14-5-3-6-15-28)42-40(43-37)29-16-7-4-8-17-29/h3-26H,1-2H3. The van der Waals surface area contributed by atoms with Gasteiger partial charge in [0.05, 0.1) is 22.4 Å². The van der Waals surface area contributed by atoms with E-state index >= 15 is 0 Å². The number of hydrogen-bond donors (Lipinski definition) is 0. The van der Waals surface area contributed by atoms with Gasteiger partial charge in [0, 0.05) is 36.3 Å². The molecule has 0 spiro atoms. The number of imidazole rings is 1. The fourth-order valence-corrected chi connectivity index (χ4v) is 6.44. The number of rotatable bonds is 5. The minimum absolute atomic E-state index is 0.0521. The van der Waals surface area contributed by atoms with Crippen LogP contribution >= 0.6 is 0 Å². The molecular formula is C41H30N4O. The lowest BCUT2D eigenvalue weighted by molar-refractivity contribution is 0.795. The molecular weight excluding hydrogens is 564 g/mol. The molecule has 0 atom stereocenters. The molecule has 0 amide bonds. The van der Waals surface area contributed by atoms with Crippen LogP contribution in [-0.4, -0.2) is 19.1 Å². The first kappa shape index (κ1) is 27.5. The lowest BCUT2D eigenvalue weighted by Gasteiger charge is -2.15. The van der Waals surface area contributed by atoms with E-state index in [1.54, 1.807) is 9.13 Å². The fraction of sp³-hybridized carbons (Fsp3) is 0.0488. The van der Waals surface area contributed by atoms with Crippen LogP contribution in [0.2, 0.25) is 0 Å². The quantitative estimate of drug-likeness (QED) is 0.200. The summed E-state index contributed by atoms with van der Waals surface area (Å²) < 4.78 is 3.44. The second-order valence-electron chi connectivity index (χ2n) is 11.6. The van der Waals surface area contributed by atoms with Crippen molar-refractivity contribution >= 4 is 21.8 Å². The summed E-state index contributed by atoms with van der Waals surface area (Å²) in [6.07, 6.45) is 0. The van der Waals surface area contributed by atoms with Gasteiger partial charge in [-0.05, 0) is 57.8 Å². The van der Waals surface area contributed by atoms with Gasteiger partial charge in [0.25, 0.3) is 0 Å². The molecule has 0 unspecified atom stereocenters. The van der Waals surface area contributed by atoms with Crippen molar-refractivity contribution in [1.29, 1.82) is 0 Å². The van der Waals surface area contributed by atoms with E-state index in [-0.39, 0.29) is 5.69 Å². The van der Waals surface area contributed by atoms with Crippen molar-refractivity contribution in [1.82, 2.24) is 19.1 Å². The van der Waals surface area contributed by atoms with Gasteiger partial charge in [0.2, 0.25) is 0 Å². The average Bonchev–Trinajstić information content (AvgIpc) is 3.35. The molecule has 0 aliphatic carbocycles. The largest absolute Gasteiger partial charge is 0.328 e. The highest BCUT2D eigenvalue weighted by Crippen LogP contribution is 2.38. The Morgan fingerprint density at radius 1 is 0.478 bits per heavy atom. The molecule has 8 aromatic rings. The lowest BCUT2D eigenvalue weighted by atomic mass is 9.91. The minimum Gasteiger partial charge on any atom is -0.295 e. The summed E-state index contributed by atoms with van der Waals surface area (Å²) >= 11 is 0. The molecule has 8 rings (SSSR count). The van der Waals surface area contributed by atoms with Crippen LogP contribution in [0.15, 0.2) is 150 Å². The third-order valence-corrected chi connectivity index (χ3v) is 8.75. The average molecular weight is 595 g/mol. The first-order chi connectivity index (χ1) is 22.5. The number of nitrogens with zero attached hydrogens (tertiary/aromatic N) is 4. The predicted octanol–water partition coefficient (Wildman–Crippen LogP) is 9.16. The number of benzene rings is 6. The molecule has 0 saturated heterocycles. The molecule has 0 aliphatic rings. The SMILES string of the molecule is Cn1c(=O)n(C)c2c(-c3cc(-c4cc(-c5ccccc5)nc(-c5ccccc5)n4)cc(-c4cccc5ccccc45)c3)cccc21. The van der Waals surface area contributed by atoms with E-state index in [2.05, 4.69) is 84.9 Å². The molecule has 0 fully saturated rings. The Balaban J connectivity index is 1.43. The van der Waals surface area contributed by atoms with Gasteiger partial charge in [-0.2, -0.15) is 0 Å². The monoisotopic (exact) mass is 594 g/mol. The molecule has 2 heterocycles. The zero-order chi connectivity index (χ0) is 31.2. The van der Waals surface area contributed by atoms with Crippen LogP contribution in [0.25, 0.3) is 78.0 Å². The first-order valence-corrected chi connectivity index (χ1v) is 15.3.